The number of nitrogens with one attached hydrogen (secondary N) is 1. The van der Waals surface area contributed by atoms with Crippen LogP contribution in [-0.4, -0.2) is 24.2 Å². The molecule has 2 N–H and O–H groups in total. The maximum Gasteiger partial charge on any atom is 0.573 e. The number of amides is 1. The van der Waals surface area contributed by atoms with Crippen molar-refractivity contribution in [3.63, 3.8) is 0 Å². The van der Waals surface area contributed by atoms with Crippen LogP contribution < -0.4 is 14.8 Å². The number of hydrogen-bond donors (Lipinski definition) is 2. The molecule has 138 valence electrons. The molecule has 0 spiro atoms. The zero-order chi connectivity index (χ0) is 18.7. The molecule has 3 rings (SSSR count). The molecule has 2 aromatic carbocycles. The Morgan fingerprint density at radius 3 is 2.73 bits per heavy atom. The van der Waals surface area contributed by atoms with E-state index in [1.54, 1.807) is 24.3 Å². The van der Waals surface area contributed by atoms with Crippen LogP contribution >= 0.6 is 11.8 Å². The average Bonchev–Trinajstić information content (AvgIpc) is 2.53. The number of hydrogen-bond acceptors (Lipinski definition) is 4. The number of benzene rings is 2. The van der Waals surface area contributed by atoms with E-state index in [0.29, 0.717) is 23.7 Å². The van der Waals surface area contributed by atoms with Crippen molar-refractivity contribution in [2.75, 3.05) is 6.61 Å². The molecular weight excluding hydrogens is 371 g/mol. The summed E-state index contributed by atoms with van der Waals surface area (Å²) in [5.41, 5.74) is 0.733. The van der Waals surface area contributed by atoms with Crippen LogP contribution in [0.25, 0.3) is 0 Å². The first-order chi connectivity index (χ1) is 12.3. The highest BCUT2D eigenvalue weighted by atomic mass is 32.2. The third-order valence-electron chi connectivity index (χ3n) is 3.60. The predicted molar refractivity (Wildman–Crippen MR) is 87.7 cm³/mol. The number of ether oxygens (including phenoxy) is 2. The van der Waals surface area contributed by atoms with Crippen molar-refractivity contribution in [2.45, 2.75) is 28.6 Å². The molecule has 5 nitrogen and oxygen atoms in total. The minimum absolute atomic E-state index is 0.289. The van der Waals surface area contributed by atoms with Crippen molar-refractivity contribution in [3.05, 3.63) is 48.0 Å². The summed E-state index contributed by atoms with van der Waals surface area (Å²) in [6.07, 6.45) is -5.32. The molecule has 0 saturated carbocycles. The molecule has 0 radical (unpaired) electrons. The van der Waals surface area contributed by atoms with E-state index in [2.05, 4.69) is 10.1 Å². The molecule has 0 bridgehead atoms. The fourth-order valence-corrected chi connectivity index (χ4v) is 3.50. The number of carboxylic acid groups (broad SMARTS) is 1. The maximum atomic E-state index is 12.3. The SMILES string of the molecule is O=C(O)NC1CCOc2cc(Sc3cccc(OC(F)(F)F)c3)ccc21. The fraction of sp³-hybridized carbons (Fsp3) is 0.235. The Balaban J connectivity index is 1.77. The van der Waals surface area contributed by atoms with Gasteiger partial charge in [0.05, 0.1) is 12.6 Å². The Kier molecular flexibility index (Phi) is 5.17. The summed E-state index contributed by atoms with van der Waals surface area (Å²) in [7, 11) is 0. The standard InChI is InChI=1S/C17H14F3NO4S/c18-17(19,20)25-10-2-1-3-11(8-10)26-12-4-5-13-14(21-16(22)23)6-7-24-15(13)9-12/h1-5,8-9,14,21H,6-7H2,(H,22,23). The maximum absolute atomic E-state index is 12.3. The molecule has 1 atom stereocenters. The van der Waals surface area contributed by atoms with E-state index in [1.165, 1.54) is 30.0 Å². The lowest BCUT2D eigenvalue weighted by atomic mass is 10.0. The summed E-state index contributed by atoms with van der Waals surface area (Å²) >= 11 is 1.25. The molecule has 2 aromatic rings. The highest BCUT2D eigenvalue weighted by molar-refractivity contribution is 7.99. The largest absolute Gasteiger partial charge is 0.573 e. The summed E-state index contributed by atoms with van der Waals surface area (Å²) < 4.78 is 46.5. The van der Waals surface area contributed by atoms with E-state index in [-0.39, 0.29) is 11.8 Å². The van der Waals surface area contributed by atoms with Crippen LogP contribution in [0.5, 0.6) is 11.5 Å². The van der Waals surface area contributed by atoms with Crippen molar-refractivity contribution in [2.24, 2.45) is 0 Å². The summed E-state index contributed by atoms with van der Waals surface area (Å²) in [6, 6.07) is 10.6. The minimum Gasteiger partial charge on any atom is -0.493 e. The van der Waals surface area contributed by atoms with Crippen LogP contribution in [0, 0.1) is 0 Å². The first-order valence-corrected chi connectivity index (χ1v) is 8.42. The van der Waals surface area contributed by atoms with Gasteiger partial charge in [0, 0.05) is 21.8 Å². The van der Waals surface area contributed by atoms with Crippen molar-refractivity contribution < 1.29 is 32.5 Å². The van der Waals surface area contributed by atoms with E-state index >= 15 is 0 Å². The van der Waals surface area contributed by atoms with Crippen molar-refractivity contribution >= 4 is 17.9 Å². The smallest absolute Gasteiger partial charge is 0.493 e. The third-order valence-corrected chi connectivity index (χ3v) is 4.58. The molecule has 1 amide bonds. The van der Waals surface area contributed by atoms with Crippen LogP contribution in [0.4, 0.5) is 18.0 Å². The fourth-order valence-electron chi connectivity index (χ4n) is 2.60. The van der Waals surface area contributed by atoms with Crippen molar-refractivity contribution in [1.29, 1.82) is 0 Å². The highest BCUT2D eigenvalue weighted by Gasteiger charge is 2.31. The van der Waals surface area contributed by atoms with Gasteiger partial charge in [0.25, 0.3) is 0 Å². The van der Waals surface area contributed by atoms with Gasteiger partial charge in [-0.3, -0.25) is 0 Å². The number of carbonyl (C=O) groups is 1. The van der Waals surface area contributed by atoms with Crippen LogP contribution in [0.2, 0.25) is 0 Å². The lowest BCUT2D eigenvalue weighted by Gasteiger charge is -2.26. The quantitative estimate of drug-likeness (QED) is 0.789. The third kappa shape index (κ3) is 4.75. The summed E-state index contributed by atoms with van der Waals surface area (Å²) in [5.74, 6) is 0.269. The van der Waals surface area contributed by atoms with E-state index in [0.717, 1.165) is 10.5 Å². The molecule has 0 aromatic heterocycles. The highest BCUT2D eigenvalue weighted by Crippen LogP contribution is 2.38. The van der Waals surface area contributed by atoms with Crippen molar-refractivity contribution in [1.82, 2.24) is 5.32 Å². The Hall–Kier alpha value is -2.55. The second-order valence-electron chi connectivity index (χ2n) is 5.46. The van der Waals surface area contributed by atoms with Gasteiger partial charge in [-0.25, -0.2) is 4.79 Å². The minimum atomic E-state index is -4.74. The van der Waals surface area contributed by atoms with Gasteiger partial charge in [-0.2, -0.15) is 0 Å². The zero-order valence-corrected chi connectivity index (χ0v) is 14.1. The summed E-state index contributed by atoms with van der Waals surface area (Å²) in [6.45, 7) is 0.376. The average molecular weight is 385 g/mol. The molecule has 1 heterocycles. The number of alkyl halides is 3. The molecule has 9 heteroatoms. The molecule has 1 aliphatic rings. The van der Waals surface area contributed by atoms with E-state index < -0.39 is 12.5 Å². The molecule has 0 fully saturated rings. The second-order valence-corrected chi connectivity index (χ2v) is 6.61. The van der Waals surface area contributed by atoms with Gasteiger partial charge < -0.3 is 19.9 Å². The van der Waals surface area contributed by atoms with Crippen LogP contribution in [0.15, 0.2) is 52.3 Å². The Morgan fingerprint density at radius 2 is 2.00 bits per heavy atom. The second kappa shape index (κ2) is 7.36. The Morgan fingerprint density at radius 1 is 1.23 bits per heavy atom. The monoisotopic (exact) mass is 385 g/mol. The Bertz CT molecular complexity index is 813. The lowest BCUT2D eigenvalue weighted by molar-refractivity contribution is -0.274. The normalized spacial score (nSPS) is 16.3. The zero-order valence-electron chi connectivity index (χ0n) is 13.2. The van der Waals surface area contributed by atoms with Gasteiger partial charge in [-0.15, -0.1) is 13.2 Å². The van der Waals surface area contributed by atoms with Gasteiger partial charge in [-0.05, 0) is 30.3 Å². The Labute approximate surface area is 151 Å². The number of rotatable bonds is 4. The molecule has 0 aliphatic carbocycles. The lowest BCUT2D eigenvalue weighted by Crippen LogP contribution is -2.30. The van der Waals surface area contributed by atoms with E-state index in [1.807, 2.05) is 0 Å². The topological polar surface area (TPSA) is 67.8 Å². The summed E-state index contributed by atoms with van der Waals surface area (Å²) in [5, 5.41) is 11.3. The molecule has 1 unspecified atom stereocenters. The van der Waals surface area contributed by atoms with Crippen LogP contribution in [0.1, 0.15) is 18.0 Å². The first kappa shape index (κ1) is 18.2. The van der Waals surface area contributed by atoms with Crippen molar-refractivity contribution in [3.8, 4) is 11.5 Å². The summed E-state index contributed by atoms with van der Waals surface area (Å²) in [4.78, 5) is 12.2. The first-order valence-electron chi connectivity index (χ1n) is 7.60. The van der Waals surface area contributed by atoms with E-state index in [9.17, 15) is 18.0 Å². The van der Waals surface area contributed by atoms with E-state index in [4.69, 9.17) is 9.84 Å². The van der Waals surface area contributed by atoms with Gasteiger partial charge in [0.1, 0.15) is 11.5 Å². The molecule has 26 heavy (non-hydrogen) atoms. The van der Waals surface area contributed by atoms with Gasteiger partial charge in [0.15, 0.2) is 0 Å². The van der Waals surface area contributed by atoms with Gasteiger partial charge in [-0.1, -0.05) is 23.9 Å². The molecule has 0 saturated heterocycles. The van der Waals surface area contributed by atoms with Crippen LogP contribution in [-0.2, 0) is 0 Å². The molecular formula is C17H14F3NO4S. The number of halogens is 3. The van der Waals surface area contributed by atoms with Gasteiger partial charge in [0.2, 0.25) is 0 Å². The van der Waals surface area contributed by atoms with Crippen LogP contribution in [0.3, 0.4) is 0 Å². The van der Waals surface area contributed by atoms with Gasteiger partial charge >= 0.3 is 12.5 Å². The number of fused-ring (bicyclic) bond motifs is 1. The molecule has 1 aliphatic heterocycles. The predicted octanol–water partition coefficient (Wildman–Crippen LogP) is 4.83.